The number of Topliss-reactive ketones (excluding diaryl/α,β-unsaturated/α-hetero) is 1. The van der Waals surface area contributed by atoms with Crippen molar-refractivity contribution in [1.82, 2.24) is 0 Å². The molecular formula is C20H34O5. The molecule has 0 aromatic carbocycles. The van der Waals surface area contributed by atoms with Gasteiger partial charge >= 0.3 is 11.9 Å². The van der Waals surface area contributed by atoms with Crippen LogP contribution >= 0.6 is 0 Å². The number of hydrogen-bond donors (Lipinski definition) is 1. The average molecular weight is 354 g/mol. The maximum Gasteiger partial charge on any atom is 0.311 e. The third-order valence-electron chi connectivity index (χ3n) is 5.13. The molecule has 1 aliphatic rings. The summed E-state index contributed by atoms with van der Waals surface area (Å²) in [4.78, 5) is 33.6. The Kier molecular flexibility index (Phi) is 10.4. The van der Waals surface area contributed by atoms with E-state index >= 15 is 0 Å². The van der Waals surface area contributed by atoms with Gasteiger partial charge in [0.2, 0.25) is 0 Å². The molecule has 0 bridgehead atoms. The molecule has 1 heterocycles. The maximum atomic E-state index is 11.5. The number of cyclic esters (lactones) is 1. The predicted octanol–water partition coefficient (Wildman–Crippen LogP) is 4.52. The van der Waals surface area contributed by atoms with Gasteiger partial charge in [-0.15, -0.1) is 0 Å². The number of carbonyl (C=O) groups is 3. The summed E-state index contributed by atoms with van der Waals surface area (Å²) in [6.07, 6.45) is 12.4. The quantitative estimate of drug-likeness (QED) is 0.366. The number of aliphatic carboxylic acids is 1. The largest absolute Gasteiger partial charge is 0.481 e. The highest BCUT2D eigenvalue weighted by Crippen LogP contribution is 2.31. The smallest absolute Gasteiger partial charge is 0.311 e. The van der Waals surface area contributed by atoms with E-state index in [9.17, 15) is 19.5 Å². The summed E-state index contributed by atoms with van der Waals surface area (Å²) in [6.45, 7) is 3.29. The van der Waals surface area contributed by atoms with Crippen LogP contribution in [0.25, 0.3) is 0 Å². The molecule has 1 rings (SSSR count). The highest BCUT2D eigenvalue weighted by Gasteiger charge is 2.45. The van der Waals surface area contributed by atoms with Gasteiger partial charge in [-0.3, -0.25) is 9.59 Å². The first-order valence-electron chi connectivity index (χ1n) is 9.86. The van der Waals surface area contributed by atoms with Crippen molar-refractivity contribution in [2.45, 2.75) is 97.0 Å². The number of carbonyl (C=O) groups excluding carboxylic acids is 2. The zero-order valence-corrected chi connectivity index (χ0v) is 15.8. The Morgan fingerprint density at radius 3 is 1.88 bits per heavy atom. The van der Waals surface area contributed by atoms with Gasteiger partial charge in [-0.25, -0.2) is 0 Å². The van der Waals surface area contributed by atoms with Crippen LogP contribution in [0.4, 0.5) is 0 Å². The molecular weight excluding hydrogens is 320 g/mol. The SMILES string of the molecule is CC(=O)CCCCCCCCCCCC[C@@H]1OC(=O)[C@@H](C)[C@@H]1C(=O)O. The minimum atomic E-state index is -0.924. The summed E-state index contributed by atoms with van der Waals surface area (Å²) in [7, 11) is 0. The molecule has 1 aliphatic heterocycles. The van der Waals surface area contributed by atoms with Gasteiger partial charge in [0.1, 0.15) is 17.8 Å². The Morgan fingerprint density at radius 1 is 0.920 bits per heavy atom. The van der Waals surface area contributed by atoms with Gasteiger partial charge in [-0.1, -0.05) is 58.3 Å². The average Bonchev–Trinajstić information content (AvgIpc) is 2.82. The fourth-order valence-corrected chi connectivity index (χ4v) is 3.54. The summed E-state index contributed by atoms with van der Waals surface area (Å²) in [5.41, 5.74) is 0. The molecule has 5 heteroatoms. The van der Waals surface area contributed by atoms with Crippen molar-refractivity contribution in [3.8, 4) is 0 Å². The van der Waals surface area contributed by atoms with Crippen LogP contribution in [0.15, 0.2) is 0 Å². The van der Waals surface area contributed by atoms with Crippen LogP contribution in [-0.4, -0.2) is 28.9 Å². The monoisotopic (exact) mass is 354 g/mol. The third-order valence-corrected chi connectivity index (χ3v) is 5.13. The highest BCUT2D eigenvalue weighted by atomic mass is 16.6. The highest BCUT2D eigenvalue weighted by molar-refractivity contribution is 5.84. The first-order chi connectivity index (χ1) is 11.9. The lowest BCUT2D eigenvalue weighted by atomic mass is 9.89. The molecule has 1 saturated heterocycles. The number of unbranched alkanes of at least 4 members (excludes halogenated alkanes) is 9. The third kappa shape index (κ3) is 8.50. The van der Waals surface area contributed by atoms with Crippen molar-refractivity contribution in [3.05, 3.63) is 0 Å². The molecule has 1 N–H and O–H groups in total. The number of rotatable bonds is 14. The van der Waals surface area contributed by atoms with Crippen LogP contribution in [0.3, 0.4) is 0 Å². The molecule has 0 aromatic rings. The van der Waals surface area contributed by atoms with Crippen molar-refractivity contribution in [1.29, 1.82) is 0 Å². The number of esters is 1. The number of carboxylic acids is 1. The maximum absolute atomic E-state index is 11.5. The minimum Gasteiger partial charge on any atom is -0.481 e. The molecule has 0 spiro atoms. The molecule has 0 radical (unpaired) electrons. The summed E-state index contributed by atoms with van der Waals surface area (Å²) in [5.74, 6) is -2.22. The topological polar surface area (TPSA) is 80.7 Å². The van der Waals surface area contributed by atoms with Crippen LogP contribution in [0.5, 0.6) is 0 Å². The van der Waals surface area contributed by atoms with Crippen LogP contribution < -0.4 is 0 Å². The Bertz CT molecular complexity index is 432. The van der Waals surface area contributed by atoms with Crippen molar-refractivity contribution >= 4 is 17.7 Å². The summed E-state index contributed by atoms with van der Waals surface area (Å²) >= 11 is 0. The fraction of sp³-hybridized carbons (Fsp3) is 0.850. The first kappa shape index (κ1) is 21.7. The van der Waals surface area contributed by atoms with Crippen molar-refractivity contribution in [2.24, 2.45) is 11.8 Å². The Balaban J connectivity index is 1.96. The van der Waals surface area contributed by atoms with E-state index in [0.717, 1.165) is 38.5 Å². The van der Waals surface area contributed by atoms with E-state index < -0.39 is 23.9 Å². The predicted molar refractivity (Wildman–Crippen MR) is 96.3 cm³/mol. The van der Waals surface area contributed by atoms with Gasteiger partial charge in [0.05, 0.1) is 5.92 Å². The van der Waals surface area contributed by atoms with E-state index in [1.807, 2.05) is 0 Å². The van der Waals surface area contributed by atoms with Gasteiger partial charge in [-0.2, -0.15) is 0 Å². The van der Waals surface area contributed by atoms with E-state index in [1.54, 1.807) is 13.8 Å². The molecule has 25 heavy (non-hydrogen) atoms. The molecule has 0 amide bonds. The normalized spacial score (nSPS) is 22.8. The van der Waals surface area contributed by atoms with Crippen LogP contribution in [0.2, 0.25) is 0 Å². The molecule has 0 unspecified atom stereocenters. The number of ether oxygens (including phenoxy) is 1. The van der Waals surface area contributed by atoms with Crippen LogP contribution in [0, 0.1) is 11.8 Å². The van der Waals surface area contributed by atoms with Crippen LogP contribution in [-0.2, 0) is 19.1 Å². The van der Waals surface area contributed by atoms with Crippen molar-refractivity contribution in [2.75, 3.05) is 0 Å². The minimum absolute atomic E-state index is 0.288. The van der Waals surface area contributed by atoms with Crippen molar-refractivity contribution < 1.29 is 24.2 Å². The summed E-state index contributed by atoms with van der Waals surface area (Å²) in [6, 6.07) is 0. The van der Waals surface area contributed by atoms with Gasteiger partial charge < -0.3 is 14.6 Å². The van der Waals surface area contributed by atoms with Crippen molar-refractivity contribution in [3.63, 3.8) is 0 Å². The lowest BCUT2D eigenvalue weighted by Gasteiger charge is -2.15. The molecule has 144 valence electrons. The van der Waals surface area contributed by atoms with E-state index in [4.69, 9.17) is 4.74 Å². The molecule has 0 aromatic heterocycles. The molecule has 0 aliphatic carbocycles. The second-order valence-electron chi connectivity index (χ2n) is 7.40. The van der Waals surface area contributed by atoms with Gasteiger partial charge in [0.15, 0.2) is 0 Å². The Labute approximate surface area is 151 Å². The molecule has 3 atom stereocenters. The molecule has 1 fully saturated rings. The van der Waals surface area contributed by atoms with E-state index in [2.05, 4.69) is 0 Å². The summed E-state index contributed by atoms with van der Waals surface area (Å²) < 4.78 is 5.21. The molecule has 5 nitrogen and oxygen atoms in total. The zero-order chi connectivity index (χ0) is 18.7. The van der Waals surface area contributed by atoms with Gasteiger partial charge in [-0.05, 0) is 26.2 Å². The Hall–Kier alpha value is -1.39. The van der Waals surface area contributed by atoms with Gasteiger partial charge in [0, 0.05) is 6.42 Å². The fourth-order valence-electron chi connectivity index (χ4n) is 3.54. The molecule has 0 saturated carbocycles. The van der Waals surface area contributed by atoms with E-state index in [0.29, 0.717) is 6.42 Å². The van der Waals surface area contributed by atoms with Gasteiger partial charge in [0.25, 0.3) is 0 Å². The Morgan fingerprint density at radius 2 is 1.40 bits per heavy atom. The number of carboxylic acid groups (broad SMARTS) is 1. The van der Waals surface area contributed by atoms with E-state index in [1.165, 1.54) is 32.1 Å². The second kappa shape index (κ2) is 12.0. The summed E-state index contributed by atoms with van der Waals surface area (Å²) in [5, 5.41) is 9.23. The number of ketones is 1. The number of hydrogen-bond acceptors (Lipinski definition) is 4. The second-order valence-corrected chi connectivity index (χ2v) is 7.40. The van der Waals surface area contributed by atoms with Crippen LogP contribution in [0.1, 0.15) is 90.9 Å². The first-order valence-corrected chi connectivity index (χ1v) is 9.86. The standard InChI is InChI=1S/C20H34O5/c1-15(21)13-11-9-7-5-3-4-6-8-10-12-14-17-18(19(22)23)16(2)20(24)25-17/h16-18H,3-14H2,1-2H3,(H,22,23)/t16-,17-,18-/m0/s1. The lowest BCUT2D eigenvalue weighted by molar-refractivity contribution is -0.144. The lowest BCUT2D eigenvalue weighted by Crippen LogP contribution is -2.27. The van der Waals surface area contributed by atoms with E-state index in [-0.39, 0.29) is 11.8 Å². The zero-order valence-electron chi connectivity index (χ0n) is 15.8.